The van der Waals surface area contributed by atoms with Gasteiger partial charge >= 0.3 is 0 Å². The maximum absolute atomic E-state index is 12.8. The summed E-state index contributed by atoms with van der Waals surface area (Å²) in [5.74, 6) is -0.616. The third-order valence-electron chi connectivity index (χ3n) is 3.01. The number of rotatable bonds is 6. The highest BCUT2D eigenvalue weighted by Gasteiger charge is 2.03. The summed E-state index contributed by atoms with van der Waals surface area (Å²) >= 11 is 0. The molecule has 0 spiro atoms. The molecule has 0 heterocycles. The number of anilines is 3. The number of amides is 2. The Hall–Kier alpha value is -2.89. The highest BCUT2D eigenvalue weighted by molar-refractivity contribution is 5.91. The molecule has 0 aliphatic rings. The van der Waals surface area contributed by atoms with Crippen LogP contribution in [0.3, 0.4) is 0 Å². The molecule has 0 bridgehead atoms. The van der Waals surface area contributed by atoms with Gasteiger partial charge in [-0.25, -0.2) is 4.39 Å². The van der Waals surface area contributed by atoms with Crippen molar-refractivity contribution in [3.8, 4) is 0 Å². The lowest BCUT2D eigenvalue weighted by atomic mass is 10.2. The van der Waals surface area contributed by atoms with Crippen LogP contribution in [0.1, 0.15) is 13.3 Å². The molecule has 2 aromatic rings. The summed E-state index contributed by atoms with van der Waals surface area (Å²) in [6.07, 6.45) is 0.283. The molecule has 0 saturated heterocycles. The summed E-state index contributed by atoms with van der Waals surface area (Å²) in [5, 5.41) is 8.49. The second-order valence-corrected chi connectivity index (χ2v) is 4.99. The van der Waals surface area contributed by atoms with Gasteiger partial charge in [0.1, 0.15) is 5.82 Å². The molecular weight excluding hydrogens is 297 g/mol. The lowest BCUT2D eigenvalue weighted by Crippen LogP contribution is -2.16. The molecular formula is C17H18FN3O2. The second kappa shape index (κ2) is 7.93. The highest BCUT2D eigenvalue weighted by Crippen LogP contribution is 2.13. The molecule has 0 aliphatic carbocycles. The predicted molar refractivity (Wildman–Crippen MR) is 88.9 cm³/mol. The van der Waals surface area contributed by atoms with E-state index >= 15 is 0 Å². The summed E-state index contributed by atoms with van der Waals surface area (Å²) in [4.78, 5) is 22.7. The van der Waals surface area contributed by atoms with E-state index in [1.165, 1.54) is 31.2 Å². The van der Waals surface area contributed by atoms with E-state index in [1.807, 2.05) is 12.1 Å². The topological polar surface area (TPSA) is 70.2 Å². The zero-order chi connectivity index (χ0) is 16.7. The Kier molecular flexibility index (Phi) is 5.68. The fourth-order valence-corrected chi connectivity index (χ4v) is 1.95. The smallest absolute Gasteiger partial charge is 0.226 e. The third kappa shape index (κ3) is 5.78. The lowest BCUT2D eigenvalue weighted by Gasteiger charge is -2.08. The van der Waals surface area contributed by atoms with E-state index in [-0.39, 0.29) is 24.1 Å². The van der Waals surface area contributed by atoms with E-state index < -0.39 is 0 Å². The summed E-state index contributed by atoms with van der Waals surface area (Å²) in [6.45, 7) is 1.92. The van der Waals surface area contributed by atoms with Crippen molar-refractivity contribution >= 4 is 28.9 Å². The van der Waals surface area contributed by atoms with E-state index in [9.17, 15) is 14.0 Å². The quantitative estimate of drug-likeness (QED) is 0.766. The molecule has 0 radical (unpaired) electrons. The van der Waals surface area contributed by atoms with Gasteiger partial charge in [-0.3, -0.25) is 9.59 Å². The van der Waals surface area contributed by atoms with Gasteiger partial charge < -0.3 is 16.0 Å². The molecule has 2 amide bonds. The molecule has 2 aromatic carbocycles. The van der Waals surface area contributed by atoms with Gasteiger partial charge in [-0.15, -0.1) is 0 Å². The first-order valence-electron chi connectivity index (χ1n) is 7.20. The summed E-state index contributed by atoms with van der Waals surface area (Å²) in [6, 6.07) is 12.8. The maximum atomic E-state index is 12.8. The first-order chi connectivity index (χ1) is 11.0. The number of hydrogen-bond donors (Lipinski definition) is 3. The number of nitrogens with one attached hydrogen (secondary N) is 3. The molecule has 0 aromatic heterocycles. The van der Waals surface area contributed by atoms with Gasteiger partial charge in [0.15, 0.2) is 0 Å². The first-order valence-corrected chi connectivity index (χ1v) is 7.20. The van der Waals surface area contributed by atoms with Crippen molar-refractivity contribution < 1.29 is 14.0 Å². The van der Waals surface area contributed by atoms with E-state index in [0.717, 1.165) is 11.4 Å². The van der Waals surface area contributed by atoms with Crippen LogP contribution in [0.2, 0.25) is 0 Å². The SMILES string of the molecule is CC(=O)Nc1ccc(NCCC(=O)Nc2ccc(F)cc2)cc1. The minimum atomic E-state index is -0.340. The average Bonchev–Trinajstić information content (AvgIpc) is 2.51. The monoisotopic (exact) mass is 315 g/mol. The molecule has 23 heavy (non-hydrogen) atoms. The molecule has 0 saturated carbocycles. The Morgan fingerprint density at radius 3 is 2.00 bits per heavy atom. The van der Waals surface area contributed by atoms with E-state index in [0.29, 0.717) is 12.2 Å². The molecule has 120 valence electrons. The Bertz CT molecular complexity index is 669. The third-order valence-corrected chi connectivity index (χ3v) is 3.01. The van der Waals surface area contributed by atoms with E-state index in [2.05, 4.69) is 16.0 Å². The van der Waals surface area contributed by atoms with Gasteiger partial charge in [0.2, 0.25) is 11.8 Å². The van der Waals surface area contributed by atoms with Crippen molar-refractivity contribution in [2.75, 3.05) is 22.5 Å². The highest BCUT2D eigenvalue weighted by atomic mass is 19.1. The number of hydrogen-bond acceptors (Lipinski definition) is 3. The molecule has 0 unspecified atom stereocenters. The molecule has 3 N–H and O–H groups in total. The predicted octanol–water partition coefficient (Wildman–Crippen LogP) is 3.22. The van der Waals surface area contributed by atoms with Crippen LogP contribution < -0.4 is 16.0 Å². The van der Waals surface area contributed by atoms with Crippen LogP contribution in [0.4, 0.5) is 21.5 Å². The number of halogens is 1. The molecule has 0 fully saturated rings. The largest absolute Gasteiger partial charge is 0.385 e. The van der Waals surface area contributed by atoms with E-state index in [1.54, 1.807) is 12.1 Å². The Balaban J connectivity index is 1.74. The summed E-state index contributed by atoms with van der Waals surface area (Å²) < 4.78 is 12.8. The summed E-state index contributed by atoms with van der Waals surface area (Å²) in [7, 11) is 0. The number of carbonyl (C=O) groups excluding carboxylic acids is 2. The molecule has 6 heteroatoms. The van der Waals surface area contributed by atoms with Crippen molar-refractivity contribution in [2.24, 2.45) is 0 Å². The van der Waals surface area contributed by atoms with Crippen LogP contribution in [0.15, 0.2) is 48.5 Å². The number of benzene rings is 2. The molecule has 5 nitrogen and oxygen atoms in total. The average molecular weight is 315 g/mol. The molecule has 0 aliphatic heterocycles. The Morgan fingerprint density at radius 1 is 0.870 bits per heavy atom. The first kappa shape index (κ1) is 16.5. The van der Waals surface area contributed by atoms with Gasteiger partial charge in [-0.2, -0.15) is 0 Å². The van der Waals surface area contributed by atoms with Crippen LogP contribution in [0, 0.1) is 5.82 Å². The number of carbonyl (C=O) groups is 2. The van der Waals surface area contributed by atoms with Crippen LogP contribution in [-0.2, 0) is 9.59 Å². The van der Waals surface area contributed by atoms with Gasteiger partial charge in [0.25, 0.3) is 0 Å². The van der Waals surface area contributed by atoms with Crippen molar-refractivity contribution in [1.82, 2.24) is 0 Å². The zero-order valence-corrected chi connectivity index (χ0v) is 12.7. The lowest BCUT2D eigenvalue weighted by molar-refractivity contribution is -0.116. The maximum Gasteiger partial charge on any atom is 0.226 e. The fourth-order valence-electron chi connectivity index (χ4n) is 1.95. The van der Waals surface area contributed by atoms with Gasteiger partial charge in [0.05, 0.1) is 0 Å². The fraction of sp³-hybridized carbons (Fsp3) is 0.176. The van der Waals surface area contributed by atoms with Gasteiger partial charge in [-0.1, -0.05) is 0 Å². The minimum absolute atomic E-state index is 0.122. The Labute approximate surface area is 133 Å². The van der Waals surface area contributed by atoms with Gasteiger partial charge in [-0.05, 0) is 48.5 Å². The van der Waals surface area contributed by atoms with Gasteiger partial charge in [0, 0.05) is 37.0 Å². The van der Waals surface area contributed by atoms with Crippen LogP contribution in [-0.4, -0.2) is 18.4 Å². The second-order valence-electron chi connectivity index (χ2n) is 4.99. The van der Waals surface area contributed by atoms with Crippen LogP contribution in [0.5, 0.6) is 0 Å². The Morgan fingerprint density at radius 2 is 1.39 bits per heavy atom. The normalized spacial score (nSPS) is 10.0. The minimum Gasteiger partial charge on any atom is -0.385 e. The van der Waals surface area contributed by atoms with Crippen molar-refractivity contribution in [1.29, 1.82) is 0 Å². The molecule has 0 atom stereocenters. The van der Waals surface area contributed by atoms with Crippen LogP contribution in [0.25, 0.3) is 0 Å². The standard InChI is InChI=1S/C17H18FN3O2/c1-12(22)20-15-8-6-14(7-9-15)19-11-10-17(23)21-16-4-2-13(18)3-5-16/h2-9,19H,10-11H2,1H3,(H,20,22)(H,21,23). The zero-order valence-electron chi connectivity index (χ0n) is 12.7. The van der Waals surface area contributed by atoms with Crippen molar-refractivity contribution in [3.05, 3.63) is 54.3 Å². The van der Waals surface area contributed by atoms with Crippen molar-refractivity contribution in [3.63, 3.8) is 0 Å². The van der Waals surface area contributed by atoms with Crippen LogP contribution >= 0.6 is 0 Å². The molecule has 2 rings (SSSR count). The van der Waals surface area contributed by atoms with Crippen molar-refractivity contribution in [2.45, 2.75) is 13.3 Å². The van der Waals surface area contributed by atoms with E-state index in [4.69, 9.17) is 0 Å². The summed E-state index contributed by atoms with van der Waals surface area (Å²) in [5.41, 5.74) is 2.14.